The van der Waals surface area contributed by atoms with E-state index in [9.17, 15) is 13.2 Å². The molecule has 0 heterocycles. The second-order valence-corrected chi connectivity index (χ2v) is 5.73. The van der Waals surface area contributed by atoms with Gasteiger partial charge in [0.05, 0.1) is 6.61 Å². The first kappa shape index (κ1) is 19.8. The third kappa shape index (κ3) is 8.06. The first-order chi connectivity index (χ1) is 12.4. The highest BCUT2D eigenvalue weighted by Gasteiger charge is 2.30. The normalized spacial score (nSPS) is 10.9. The Bertz CT molecular complexity index is 679. The Morgan fingerprint density at radius 3 is 2.27 bits per heavy atom. The lowest BCUT2D eigenvalue weighted by Crippen LogP contribution is -2.29. The van der Waals surface area contributed by atoms with Crippen LogP contribution in [-0.2, 0) is 0 Å². The van der Waals surface area contributed by atoms with Gasteiger partial charge in [-0.15, -0.1) is 13.2 Å². The molecule has 2 aromatic carbocycles. The van der Waals surface area contributed by atoms with E-state index in [2.05, 4.69) is 15.4 Å². The highest BCUT2D eigenvalue weighted by molar-refractivity contribution is 7.80. The molecule has 0 saturated carbocycles. The predicted octanol–water partition coefficient (Wildman–Crippen LogP) is 4.73. The number of halogens is 3. The molecule has 0 radical (unpaired) electrons. The molecule has 0 saturated heterocycles. The van der Waals surface area contributed by atoms with Gasteiger partial charge >= 0.3 is 6.36 Å². The molecule has 0 spiro atoms. The van der Waals surface area contributed by atoms with Gasteiger partial charge in [-0.05, 0) is 61.5 Å². The predicted molar refractivity (Wildman–Crippen MR) is 98.5 cm³/mol. The number of alkyl halides is 3. The zero-order valence-electron chi connectivity index (χ0n) is 13.9. The minimum absolute atomic E-state index is 0.277. The lowest BCUT2D eigenvalue weighted by Gasteiger charge is -2.12. The number of hydrogen-bond acceptors (Lipinski definition) is 3. The summed E-state index contributed by atoms with van der Waals surface area (Å²) in [5.41, 5.74) is 0.574. The molecule has 2 N–H and O–H groups in total. The average Bonchev–Trinajstić information content (AvgIpc) is 2.59. The van der Waals surface area contributed by atoms with Crippen molar-refractivity contribution in [2.75, 3.05) is 18.5 Å². The topological polar surface area (TPSA) is 42.5 Å². The van der Waals surface area contributed by atoms with E-state index in [0.717, 1.165) is 18.6 Å². The van der Waals surface area contributed by atoms with Crippen molar-refractivity contribution in [3.63, 3.8) is 0 Å². The highest BCUT2D eigenvalue weighted by Crippen LogP contribution is 2.23. The van der Waals surface area contributed by atoms with Crippen molar-refractivity contribution < 1.29 is 22.6 Å². The minimum Gasteiger partial charge on any atom is -0.494 e. The second-order valence-electron chi connectivity index (χ2n) is 5.32. The lowest BCUT2D eigenvalue weighted by molar-refractivity contribution is -0.274. The number of anilines is 1. The molecule has 0 aliphatic heterocycles. The summed E-state index contributed by atoms with van der Waals surface area (Å²) >= 11 is 5.15. The third-order valence-corrected chi connectivity index (χ3v) is 3.46. The van der Waals surface area contributed by atoms with Gasteiger partial charge in [-0.1, -0.05) is 18.2 Å². The molecule has 26 heavy (non-hydrogen) atoms. The van der Waals surface area contributed by atoms with E-state index in [0.29, 0.717) is 24.0 Å². The van der Waals surface area contributed by atoms with E-state index < -0.39 is 6.36 Å². The SMILES string of the molecule is FC(F)(F)Oc1ccc(NC(=S)NCCCCOc2ccccc2)cc1. The van der Waals surface area contributed by atoms with Crippen molar-refractivity contribution in [1.82, 2.24) is 5.32 Å². The van der Waals surface area contributed by atoms with E-state index in [-0.39, 0.29) is 5.75 Å². The lowest BCUT2D eigenvalue weighted by atomic mass is 10.3. The molecule has 0 amide bonds. The Kier molecular flexibility index (Phi) is 7.53. The van der Waals surface area contributed by atoms with Crippen molar-refractivity contribution in [1.29, 1.82) is 0 Å². The fourth-order valence-electron chi connectivity index (χ4n) is 2.05. The first-order valence-electron chi connectivity index (χ1n) is 8.01. The summed E-state index contributed by atoms with van der Waals surface area (Å²) in [7, 11) is 0. The van der Waals surface area contributed by atoms with Crippen LogP contribution in [0.25, 0.3) is 0 Å². The van der Waals surface area contributed by atoms with Crippen molar-refractivity contribution in [2.24, 2.45) is 0 Å². The Labute approximate surface area is 155 Å². The Morgan fingerprint density at radius 2 is 1.62 bits per heavy atom. The van der Waals surface area contributed by atoms with Gasteiger partial charge in [-0.2, -0.15) is 0 Å². The standard InChI is InChI=1S/C18H19F3N2O2S/c19-18(20,21)25-16-10-8-14(9-11-16)23-17(26)22-12-4-5-13-24-15-6-2-1-3-7-15/h1-3,6-11H,4-5,12-13H2,(H2,22,23,26). The van der Waals surface area contributed by atoms with Crippen molar-refractivity contribution in [2.45, 2.75) is 19.2 Å². The minimum atomic E-state index is -4.70. The molecule has 0 bridgehead atoms. The monoisotopic (exact) mass is 384 g/mol. The van der Waals surface area contributed by atoms with Gasteiger partial charge in [0, 0.05) is 12.2 Å². The van der Waals surface area contributed by atoms with Crippen LogP contribution < -0.4 is 20.1 Å². The van der Waals surface area contributed by atoms with Crippen LogP contribution in [-0.4, -0.2) is 24.6 Å². The van der Waals surface area contributed by atoms with Crippen LogP contribution in [0.15, 0.2) is 54.6 Å². The molecule has 4 nitrogen and oxygen atoms in total. The summed E-state index contributed by atoms with van der Waals surface area (Å²) in [6, 6.07) is 14.9. The van der Waals surface area contributed by atoms with Gasteiger partial charge in [0.25, 0.3) is 0 Å². The number of benzene rings is 2. The summed E-state index contributed by atoms with van der Waals surface area (Å²) in [5, 5.41) is 6.34. The summed E-state index contributed by atoms with van der Waals surface area (Å²) in [5.74, 6) is 0.566. The van der Waals surface area contributed by atoms with Gasteiger partial charge in [0.1, 0.15) is 11.5 Å². The first-order valence-corrected chi connectivity index (χ1v) is 8.42. The van der Waals surface area contributed by atoms with Crippen LogP contribution in [0, 0.1) is 0 Å². The van der Waals surface area contributed by atoms with Crippen LogP contribution in [0.3, 0.4) is 0 Å². The fourth-order valence-corrected chi connectivity index (χ4v) is 2.27. The molecule has 140 valence electrons. The third-order valence-electron chi connectivity index (χ3n) is 3.21. The molecular formula is C18H19F3N2O2S. The van der Waals surface area contributed by atoms with Crippen molar-refractivity contribution >= 4 is 23.0 Å². The van der Waals surface area contributed by atoms with Gasteiger partial charge < -0.3 is 20.1 Å². The molecule has 8 heteroatoms. The number of thiocarbonyl (C=S) groups is 1. The quantitative estimate of drug-likeness (QED) is 0.509. The molecule has 2 rings (SSSR count). The van der Waals surface area contributed by atoms with Crippen LogP contribution in [0.4, 0.5) is 18.9 Å². The Morgan fingerprint density at radius 1 is 0.923 bits per heavy atom. The summed E-state index contributed by atoms with van der Waals surface area (Å²) in [6.07, 6.45) is -2.96. The Balaban J connectivity index is 1.60. The maximum absolute atomic E-state index is 12.1. The number of rotatable bonds is 8. The molecule has 0 fully saturated rings. The largest absolute Gasteiger partial charge is 0.573 e. The highest BCUT2D eigenvalue weighted by atomic mass is 32.1. The zero-order valence-corrected chi connectivity index (χ0v) is 14.7. The van der Waals surface area contributed by atoms with Crippen molar-refractivity contribution in [3.8, 4) is 11.5 Å². The smallest absolute Gasteiger partial charge is 0.494 e. The van der Waals surface area contributed by atoms with E-state index in [1.165, 1.54) is 24.3 Å². The average molecular weight is 384 g/mol. The fraction of sp³-hybridized carbons (Fsp3) is 0.278. The summed E-state index contributed by atoms with van der Waals surface area (Å²) in [6.45, 7) is 1.28. The molecular weight excluding hydrogens is 365 g/mol. The molecule has 0 atom stereocenters. The second kappa shape index (κ2) is 9.86. The van der Waals surface area contributed by atoms with Crippen LogP contribution in [0.2, 0.25) is 0 Å². The summed E-state index contributed by atoms with van der Waals surface area (Å²) in [4.78, 5) is 0. The number of ether oxygens (including phenoxy) is 2. The van der Waals surface area contributed by atoms with Gasteiger partial charge in [-0.3, -0.25) is 0 Å². The maximum Gasteiger partial charge on any atom is 0.573 e. The van der Waals surface area contributed by atoms with E-state index in [4.69, 9.17) is 17.0 Å². The number of nitrogens with one attached hydrogen (secondary N) is 2. The van der Waals surface area contributed by atoms with E-state index in [1.807, 2.05) is 30.3 Å². The summed E-state index contributed by atoms with van der Waals surface area (Å²) < 4.78 is 45.7. The molecule has 2 aromatic rings. The van der Waals surface area contributed by atoms with E-state index >= 15 is 0 Å². The molecule has 0 aromatic heterocycles. The zero-order chi connectivity index (χ0) is 18.8. The number of unbranched alkanes of at least 4 members (excludes halogenated alkanes) is 1. The molecule has 0 aliphatic rings. The van der Waals surface area contributed by atoms with Gasteiger partial charge in [0.2, 0.25) is 0 Å². The molecule has 0 unspecified atom stereocenters. The number of hydrogen-bond donors (Lipinski definition) is 2. The molecule has 0 aliphatic carbocycles. The van der Waals surface area contributed by atoms with Crippen LogP contribution in [0.5, 0.6) is 11.5 Å². The van der Waals surface area contributed by atoms with E-state index in [1.54, 1.807) is 0 Å². The van der Waals surface area contributed by atoms with Gasteiger partial charge in [0.15, 0.2) is 5.11 Å². The van der Waals surface area contributed by atoms with Crippen LogP contribution in [0.1, 0.15) is 12.8 Å². The number of para-hydroxylation sites is 1. The maximum atomic E-state index is 12.1. The van der Waals surface area contributed by atoms with Gasteiger partial charge in [-0.25, -0.2) is 0 Å². The van der Waals surface area contributed by atoms with Crippen LogP contribution >= 0.6 is 12.2 Å². The Hall–Kier alpha value is -2.48. The van der Waals surface area contributed by atoms with Crippen molar-refractivity contribution in [3.05, 3.63) is 54.6 Å².